The Balaban J connectivity index is 1.05. The molecule has 0 N–H and O–H groups in total. The number of fused-ring (bicyclic) bond motifs is 4. The zero-order valence-electron chi connectivity index (χ0n) is 36.6. The van der Waals surface area contributed by atoms with E-state index in [1.54, 1.807) is 46.1 Å². The number of esters is 1. The number of hydrogen-bond donors (Lipinski definition) is 0. The van der Waals surface area contributed by atoms with Gasteiger partial charge in [-0.1, -0.05) is 45.0 Å². The van der Waals surface area contributed by atoms with Crippen LogP contribution in [0.4, 0.5) is 4.39 Å². The van der Waals surface area contributed by atoms with Crippen molar-refractivity contribution in [1.29, 1.82) is 5.26 Å². The number of aryl methyl sites for hydroxylation is 1. The zero-order valence-corrected chi connectivity index (χ0v) is 36.6. The number of piperidine rings is 1. The summed E-state index contributed by atoms with van der Waals surface area (Å²) >= 11 is 0. The van der Waals surface area contributed by atoms with Gasteiger partial charge in [-0.15, -0.1) is 0 Å². The standard InChI is InChI=1S/C49H49FN10O4/c1-30-43-46(55-44(54-30)33-9-6-8-31(22-33)24-42(61)64-5)60(35-15-19-56(20-16-35)29-49(2,3)4)48(63)59(43)36-13-14-40(53-26-36)47(62)57-21-17-37-38-10-7-18-52-45(38)58(41(37)28-57)27-34-12-11-32(25-51)23-39(34)50/h6-14,18,22-23,26,35H,15-17,19-21,24,27-29H2,1-5H3. The molecule has 1 saturated heterocycles. The maximum Gasteiger partial charge on any atom is 0.335 e. The molecule has 0 saturated carbocycles. The van der Waals surface area contributed by atoms with Gasteiger partial charge in [0.25, 0.3) is 5.91 Å². The minimum Gasteiger partial charge on any atom is -0.469 e. The zero-order chi connectivity index (χ0) is 44.9. The highest BCUT2D eigenvalue weighted by Crippen LogP contribution is 2.33. The van der Waals surface area contributed by atoms with Crippen LogP contribution in [0, 0.1) is 29.5 Å². The summed E-state index contributed by atoms with van der Waals surface area (Å²) in [6, 6.07) is 21.0. The molecule has 7 heterocycles. The molecule has 64 heavy (non-hydrogen) atoms. The summed E-state index contributed by atoms with van der Waals surface area (Å²) in [6.07, 6.45) is 5.47. The van der Waals surface area contributed by atoms with Gasteiger partial charge in [0, 0.05) is 60.6 Å². The first-order chi connectivity index (χ1) is 30.8. The molecule has 1 amide bonds. The first-order valence-corrected chi connectivity index (χ1v) is 21.6. The molecular formula is C49H49FN10O4. The van der Waals surface area contributed by atoms with Crippen molar-refractivity contribution in [3.05, 3.63) is 135 Å². The molecule has 5 aromatic heterocycles. The SMILES string of the molecule is COC(=O)Cc1cccc(-c2nc(C)c3c(n2)n(C2CCN(CC(C)(C)C)CC2)c(=O)n3-c2ccc(C(=O)N3CCc4c(n(Cc5ccc(C#N)cc5F)c5ncccc45)C3)nc2)c1. The summed E-state index contributed by atoms with van der Waals surface area (Å²) in [5.41, 5.74) is 6.99. The van der Waals surface area contributed by atoms with E-state index < -0.39 is 5.82 Å². The van der Waals surface area contributed by atoms with E-state index in [2.05, 4.69) is 35.6 Å². The van der Waals surface area contributed by atoms with Crippen molar-refractivity contribution >= 4 is 34.1 Å². The molecule has 0 atom stereocenters. The van der Waals surface area contributed by atoms with Crippen LogP contribution < -0.4 is 5.69 Å². The van der Waals surface area contributed by atoms with Crippen LogP contribution in [-0.4, -0.2) is 88.6 Å². The maximum atomic E-state index is 15.2. The highest BCUT2D eigenvalue weighted by molar-refractivity contribution is 5.93. The lowest BCUT2D eigenvalue weighted by molar-refractivity contribution is -0.139. The average molecular weight is 861 g/mol. The first kappa shape index (κ1) is 42.3. The Hall–Kier alpha value is -7.05. The summed E-state index contributed by atoms with van der Waals surface area (Å²) in [4.78, 5) is 64.6. The third-order valence-electron chi connectivity index (χ3n) is 12.3. The lowest BCUT2D eigenvalue weighted by Gasteiger charge is -2.36. The smallest absolute Gasteiger partial charge is 0.335 e. The van der Waals surface area contributed by atoms with E-state index in [1.165, 1.54) is 13.2 Å². The Kier molecular flexibility index (Phi) is 11.2. The van der Waals surface area contributed by atoms with Crippen LogP contribution in [0.1, 0.15) is 83.8 Å². The highest BCUT2D eigenvalue weighted by atomic mass is 19.1. The quantitative estimate of drug-likeness (QED) is 0.139. The predicted octanol–water partition coefficient (Wildman–Crippen LogP) is 6.96. The second-order valence-electron chi connectivity index (χ2n) is 18.0. The van der Waals surface area contributed by atoms with Crippen molar-refractivity contribution in [2.24, 2.45) is 5.41 Å². The fraction of sp³-hybridized carbons (Fsp3) is 0.347. The molecule has 7 aromatic rings. The van der Waals surface area contributed by atoms with E-state index in [1.807, 2.05) is 58.5 Å². The van der Waals surface area contributed by atoms with Gasteiger partial charge >= 0.3 is 11.7 Å². The number of nitriles is 1. The lowest BCUT2D eigenvalue weighted by Crippen LogP contribution is -2.41. The van der Waals surface area contributed by atoms with Gasteiger partial charge in [0.05, 0.1) is 55.8 Å². The monoisotopic (exact) mass is 860 g/mol. The van der Waals surface area contributed by atoms with Crippen molar-refractivity contribution in [2.45, 2.75) is 72.5 Å². The van der Waals surface area contributed by atoms with Crippen LogP contribution in [0.25, 0.3) is 39.3 Å². The summed E-state index contributed by atoms with van der Waals surface area (Å²) in [5, 5.41) is 10.2. The summed E-state index contributed by atoms with van der Waals surface area (Å²) in [5.74, 6) is -0.669. The molecule has 14 nitrogen and oxygen atoms in total. The number of likely N-dealkylation sites (tertiary alicyclic amines) is 1. The van der Waals surface area contributed by atoms with Crippen molar-refractivity contribution in [3.63, 3.8) is 0 Å². The second-order valence-corrected chi connectivity index (χ2v) is 18.0. The Bertz CT molecular complexity index is 3060. The topological polar surface area (TPSA) is 157 Å². The van der Waals surface area contributed by atoms with E-state index >= 15 is 4.39 Å². The number of hydrogen-bond acceptors (Lipinski definition) is 10. The summed E-state index contributed by atoms with van der Waals surface area (Å²) < 4.78 is 25.4. The van der Waals surface area contributed by atoms with E-state index in [-0.39, 0.29) is 59.8 Å². The van der Waals surface area contributed by atoms with Crippen LogP contribution in [0.5, 0.6) is 0 Å². The van der Waals surface area contributed by atoms with Gasteiger partial charge in [-0.2, -0.15) is 5.26 Å². The van der Waals surface area contributed by atoms with Crippen molar-refractivity contribution in [1.82, 2.24) is 43.4 Å². The molecular weight excluding hydrogens is 812 g/mol. The Labute approximate surface area is 369 Å². The molecule has 2 aromatic carbocycles. The predicted molar refractivity (Wildman–Crippen MR) is 239 cm³/mol. The van der Waals surface area contributed by atoms with Crippen molar-refractivity contribution < 1.29 is 18.7 Å². The Morgan fingerprint density at radius 2 is 1.78 bits per heavy atom. The van der Waals surface area contributed by atoms with Crippen LogP contribution >= 0.6 is 0 Å². The summed E-state index contributed by atoms with van der Waals surface area (Å²) in [6.45, 7) is 12.1. The Morgan fingerprint density at radius 3 is 2.50 bits per heavy atom. The number of amides is 1. The number of aromatic nitrogens is 7. The van der Waals surface area contributed by atoms with Crippen LogP contribution in [-0.2, 0) is 35.5 Å². The van der Waals surface area contributed by atoms with Crippen molar-refractivity contribution in [3.8, 4) is 23.1 Å². The molecule has 0 radical (unpaired) electrons. The van der Waals surface area contributed by atoms with E-state index in [4.69, 9.17) is 14.7 Å². The molecule has 0 bridgehead atoms. The molecule has 2 aliphatic rings. The molecule has 0 spiro atoms. The van der Waals surface area contributed by atoms with Crippen LogP contribution in [0.3, 0.4) is 0 Å². The maximum absolute atomic E-state index is 15.2. The number of imidazole rings is 1. The molecule has 0 unspecified atom stereocenters. The number of methoxy groups -OCH3 is 1. The van der Waals surface area contributed by atoms with E-state index in [0.717, 1.165) is 54.7 Å². The van der Waals surface area contributed by atoms with Crippen LogP contribution in [0.15, 0.2) is 83.9 Å². The van der Waals surface area contributed by atoms with Gasteiger partial charge in [-0.25, -0.2) is 29.1 Å². The van der Waals surface area contributed by atoms with E-state index in [0.29, 0.717) is 58.1 Å². The third kappa shape index (κ3) is 8.05. The van der Waals surface area contributed by atoms with Gasteiger partial charge in [0.1, 0.15) is 22.7 Å². The molecule has 1 fully saturated rings. The minimum atomic E-state index is -0.480. The first-order valence-electron chi connectivity index (χ1n) is 21.6. The molecule has 326 valence electrons. The number of benzene rings is 2. The summed E-state index contributed by atoms with van der Waals surface area (Å²) in [7, 11) is 1.36. The molecule has 9 rings (SSSR count). The molecule has 15 heteroatoms. The third-order valence-corrected chi connectivity index (χ3v) is 12.3. The Morgan fingerprint density at radius 1 is 0.969 bits per heavy atom. The highest BCUT2D eigenvalue weighted by Gasteiger charge is 2.31. The van der Waals surface area contributed by atoms with Gasteiger partial charge in [0.15, 0.2) is 11.5 Å². The number of carbonyl (C=O) groups is 2. The van der Waals surface area contributed by atoms with Crippen molar-refractivity contribution in [2.75, 3.05) is 33.3 Å². The van der Waals surface area contributed by atoms with Gasteiger partial charge in [0.2, 0.25) is 0 Å². The molecule has 2 aliphatic heterocycles. The number of rotatable bonds is 9. The number of ether oxygens (including phenoxy) is 1. The average Bonchev–Trinajstić information content (AvgIpc) is 3.77. The fourth-order valence-corrected chi connectivity index (χ4v) is 9.37. The van der Waals surface area contributed by atoms with Gasteiger partial charge in [-0.3, -0.25) is 18.7 Å². The number of pyridine rings is 2. The minimum absolute atomic E-state index is 0.104. The lowest BCUT2D eigenvalue weighted by atomic mass is 9.94. The van der Waals surface area contributed by atoms with Crippen LogP contribution in [0.2, 0.25) is 0 Å². The van der Waals surface area contributed by atoms with Gasteiger partial charge < -0.3 is 19.1 Å². The largest absolute Gasteiger partial charge is 0.469 e. The molecule has 0 aliphatic carbocycles. The second kappa shape index (κ2) is 16.9. The normalized spacial score (nSPS) is 14.8. The van der Waals surface area contributed by atoms with Gasteiger partial charge in [-0.05, 0) is 85.2 Å². The number of carbonyl (C=O) groups excluding carboxylic acids is 2. The van der Waals surface area contributed by atoms with E-state index in [9.17, 15) is 19.6 Å². The number of halogens is 1. The fourth-order valence-electron chi connectivity index (χ4n) is 9.37. The number of nitrogens with zero attached hydrogens (tertiary/aromatic N) is 10.